The third-order valence-electron chi connectivity index (χ3n) is 3.02. The summed E-state index contributed by atoms with van der Waals surface area (Å²) in [7, 11) is 3.14. The highest BCUT2D eigenvalue weighted by Gasteiger charge is 2.17. The average Bonchev–Trinajstić information content (AvgIpc) is 2.51. The monoisotopic (exact) mass is 289 g/mol. The van der Waals surface area contributed by atoms with Crippen LogP contribution in [0.3, 0.4) is 0 Å². The Balaban J connectivity index is 2.45. The van der Waals surface area contributed by atoms with Gasteiger partial charge in [-0.3, -0.25) is 0 Å². The normalized spacial score (nSPS) is 10.2. The molecule has 1 aromatic heterocycles. The number of para-hydroxylation sites is 1. The Labute approximate surface area is 123 Å². The van der Waals surface area contributed by atoms with Gasteiger partial charge < -0.3 is 19.9 Å². The molecular weight excluding hydrogens is 270 g/mol. The van der Waals surface area contributed by atoms with E-state index in [1.807, 2.05) is 6.07 Å². The van der Waals surface area contributed by atoms with Crippen LogP contribution in [0.25, 0.3) is 0 Å². The van der Waals surface area contributed by atoms with E-state index in [1.165, 1.54) is 6.33 Å². The van der Waals surface area contributed by atoms with Crippen molar-refractivity contribution in [2.45, 2.75) is 19.8 Å². The highest BCUT2D eigenvalue weighted by Crippen LogP contribution is 2.40. The highest BCUT2D eigenvalue weighted by atomic mass is 16.5. The number of benzene rings is 1. The summed E-state index contributed by atoms with van der Waals surface area (Å²) in [6.07, 6.45) is 3.03. The molecule has 0 aliphatic heterocycles. The minimum atomic E-state index is 0.423. The van der Waals surface area contributed by atoms with Gasteiger partial charge in [0.05, 0.1) is 19.8 Å². The van der Waals surface area contributed by atoms with Gasteiger partial charge >= 0.3 is 0 Å². The van der Waals surface area contributed by atoms with E-state index in [2.05, 4.69) is 16.9 Å². The second-order valence-electron chi connectivity index (χ2n) is 4.39. The van der Waals surface area contributed by atoms with Gasteiger partial charge in [0.15, 0.2) is 11.5 Å². The van der Waals surface area contributed by atoms with Crippen LogP contribution in [-0.2, 0) is 6.42 Å². The second kappa shape index (κ2) is 6.78. The van der Waals surface area contributed by atoms with Crippen molar-refractivity contribution < 1.29 is 14.2 Å². The lowest BCUT2D eigenvalue weighted by Crippen LogP contribution is -2.04. The smallest absolute Gasteiger partial charge is 0.228 e. The third-order valence-corrected chi connectivity index (χ3v) is 3.02. The number of ether oxygens (including phenoxy) is 3. The Bertz CT molecular complexity index is 595. The SMILES string of the molecule is CCCc1c(N)ncnc1Oc1c(OC)cccc1OC. The molecule has 2 rings (SSSR count). The third kappa shape index (κ3) is 3.16. The molecule has 0 radical (unpaired) electrons. The largest absolute Gasteiger partial charge is 0.493 e. The summed E-state index contributed by atoms with van der Waals surface area (Å²) >= 11 is 0. The molecule has 6 nitrogen and oxygen atoms in total. The summed E-state index contributed by atoms with van der Waals surface area (Å²) in [4.78, 5) is 8.19. The van der Waals surface area contributed by atoms with Gasteiger partial charge in [-0.2, -0.15) is 0 Å². The van der Waals surface area contributed by atoms with Gasteiger partial charge in [-0.25, -0.2) is 9.97 Å². The Morgan fingerprint density at radius 2 is 1.76 bits per heavy atom. The lowest BCUT2D eigenvalue weighted by Gasteiger charge is -2.15. The maximum atomic E-state index is 5.91. The van der Waals surface area contributed by atoms with Gasteiger partial charge in [-0.05, 0) is 18.6 Å². The minimum Gasteiger partial charge on any atom is -0.493 e. The quantitative estimate of drug-likeness (QED) is 0.880. The highest BCUT2D eigenvalue weighted by molar-refractivity contribution is 5.54. The zero-order valence-electron chi connectivity index (χ0n) is 12.4. The Kier molecular flexibility index (Phi) is 4.81. The van der Waals surface area contributed by atoms with Crippen LogP contribution in [0.15, 0.2) is 24.5 Å². The maximum Gasteiger partial charge on any atom is 0.228 e. The van der Waals surface area contributed by atoms with Crippen LogP contribution in [0.2, 0.25) is 0 Å². The van der Waals surface area contributed by atoms with E-state index in [9.17, 15) is 0 Å². The Morgan fingerprint density at radius 1 is 1.10 bits per heavy atom. The molecule has 0 aliphatic rings. The van der Waals surface area contributed by atoms with Crippen LogP contribution in [0, 0.1) is 0 Å². The first-order chi connectivity index (χ1) is 10.2. The number of nitrogen functional groups attached to an aromatic ring is 1. The molecule has 21 heavy (non-hydrogen) atoms. The number of aromatic nitrogens is 2. The molecule has 0 saturated heterocycles. The van der Waals surface area contributed by atoms with E-state index in [0.717, 1.165) is 18.4 Å². The fourth-order valence-electron chi connectivity index (χ4n) is 2.00. The summed E-state index contributed by atoms with van der Waals surface area (Å²) in [6, 6.07) is 5.41. The van der Waals surface area contributed by atoms with Crippen LogP contribution in [0.4, 0.5) is 5.82 Å². The number of hydrogen-bond acceptors (Lipinski definition) is 6. The van der Waals surface area contributed by atoms with Crippen molar-refractivity contribution in [1.82, 2.24) is 9.97 Å². The van der Waals surface area contributed by atoms with E-state index < -0.39 is 0 Å². The molecule has 0 aliphatic carbocycles. The van der Waals surface area contributed by atoms with Crippen molar-refractivity contribution in [2.24, 2.45) is 0 Å². The summed E-state index contributed by atoms with van der Waals surface area (Å²) in [5, 5.41) is 0. The zero-order valence-corrected chi connectivity index (χ0v) is 12.4. The lowest BCUT2D eigenvalue weighted by atomic mass is 10.2. The van der Waals surface area contributed by atoms with Gasteiger partial charge in [0.2, 0.25) is 11.6 Å². The zero-order chi connectivity index (χ0) is 15.2. The molecule has 2 aromatic rings. The van der Waals surface area contributed by atoms with E-state index in [4.69, 9.17) is 19.9 Å². The van der Waals surface area contributed by atoms with Crippen LogP contribution >= 0.6 is 0 Å². The molecule has 0 fully saturated rings. The fraction of sp³-hybridized carbons (Fsp3) is 0.333. The first kappa shape index (κ1) is 14.9. The van der Waals surface area contributed by atoms with Crippen molar-refractivity contribution in [3.8, 4) is 23.1 Å². The molecule has 0 spiro atoms. The van der Waals surface area contributed by atoms with Crippen molar-refractivity contribution in [3.05, 3.63) is 30.1 Å². The topological polar surface area (TPSA) is 79.5 Å². The van der Waals surface area contributed by atoms with Gasteiger partial charge in [0.1, 0.15) is 12.1 Å². The first-order valence-electron chi connectivity index (χ1n) is 6.69. The van der Waals surface area contributed by atoms with E-state index in [0.29, 0.717) is 28.9 Å². The lowest BCUT2D eigenvalue weighted by molar-refractivity contribution is 0.340. The van der Waals surface area contributed by atoms with E-state index in [-0.39, 0.29) is 0 Å². The van der Waals surface area contributed by atoms with Crippen LogP contribution in [0.5, 0.6) is 23.1 Å². The molecule has 0 unspecified atom stereocenters. The van der Waals surface area contributed by atoms with Crippen molar-refractivity contribution in [2.75, 3.05) is 20.0 Å². The van der Waals surface area contributed by atoms with Crippen LogP contribution in [0.1, 0.15) is 18.9 Å². The number of rotatable bonds is 6. The average molecular weight is 289 g/mol. The van der Waals surface area contributed by atoms with Crippen LogP contribution < -0.4 is 19.9 Å². The number of hydrogen-bond donors (Lipinski definition) is 1. The Morgan fingerprint density at radius 3 is 2.33 bits per heavy atom. The number of anilines is 1. The Hall–Kier alpha value is -2.50. The van der Waals surface area contributed by atoms with E-state index >= 15 is 0 Å². The number of nitrogens with zero attached hydrogens (tertiary/aromatic N) is 2. The molecule has 0 saturated carbocycles. The molecule has 6 heteroatoms. The molecule has 1 heterocycles. The molecular formula is C15H19N3O3. The summed E-state index contributed by atoms with van der Waals surface area (Å²) in [6.45, 7) is 2.06. The maximum absolute atomic E-state index is 5.91. The van der Waals surface area contributed by atoms with Crippen molar-refractivity contribution in [3.63, 3.8) is 0 Å². The molecule has 0 atom stereocenters. The number of methoxy groups -OCH3 is 2. The first-order valence-corrected chi connectivity index (χ1v) is 6.69. The van der Waals surface area contributed by atoms with Crippen molar-refractivity contribution in [1.29, 1.82) is 0 Å². The summed E-state index contributed by atoms with van der Waals surface area (Å²) in [5.41, 5.74) is 6.69. The molecule has 2 N–H and O–H groups in total. The molecule has 0 bridgehead atoms. The van der Waals surface area contributed by atoms with Crippen molar-refractivity contribution >= 4 is 5.82 Å². The summed E-state index contributed by atoms with van der Waals surface area (Å²) in [5.74, 6) is 2.45. The molecule has 112 valence electrons. The van der Waals surface area contributed by atoms with Crippen LogP contribution in [-0.4, -0.2) is 24.2 Å². The van der Waals surface area contributed by atoms with Gasteiger partial charge in [0, 0.05) is 0 Å². The fourth-order valence-corrected chi connectivity index (χ4v) is 2.00. The van der Waals surface area contributed by atoms with Gasteiger partial charge in [0.25, 0.3) is 0 Å². The molecule has 1 aromatic carbocycles. The second-order valence-corrected chi connectivity index (χ2v) is 4.39. The minimum absolute atomic E-state index is 0.423. The molecule has 0 amide bonds. The summed E-state index contributed by atoms with van der Waals surface area (Å²) < 4.78 is 16.5. The van der Waals surface area contributed by atoms with E-state index in [1.54, 1.807) is 26.4 Å². The van der Waals surface area contributed by atoms with Gasteiger partial charge in [-0.1, -0.05) is 19.4 Å². The van der Waals surface area contributed by atoms with Gasteiger partial charge in [-0.15, -0.1) is 0 Å². The standard InChI is InChI=1S/C15H19N3O3/c1-4-6-10-14(16)17-9-18-15(10)21-13-11(19-2)7-5-8-12(13)20-3/h5,7-9H,4,6H2,1-3H3,(H2,16,17,18). The number of nitrogens with two attached hydrogens (primary N) is 1. The predicted octanol–water partition coefficient (Wildman–Crippen LogP) is 2.82. The predicted molar refractivity (Wildman–Crippen MR) is 80.1 cm³/mol.